The standard InChI is InChI=1S/C12H13N3O4S2/c1-8-6-20-7-9(8)5-14-21(18,19)12-3-2-10(15(16)17)4-11(12)13/h2-4,6-7,14H,5,13H2,1H3. The molecule has 0 saturated carbocycles. The van der Waals surface area contributed by atoms with Crippen molar-refractivity contribution in [3.05, 3.63) is 50.2 Å². The van der Waals surface area contributed by atoms with Crippen molar-refractivity contribution in [2.45, 2.75) is 18.4 Å². The van der Waals surface area contributed by atoms with Crippen LogP contribution in [0.15, 0.2) is 33.9 Å². The molecule has 0 aliphatic heterocycles. The maximum atomic E-state index is 12.2. The topological polar surface area (TPSA) is 115 Å². The van der Waals surface area contributed by atoms with E-state index in [9.17, 15) is 18.5 Å². The Kier molecular flexibility index (Phi) is 4.26. The Morgan fingerprint density at radius 1 is 1.38 bits per heavy atom. The largest absolute Gasteiger partial charge is 0.397 e. The summed E-state index contributed by atoms with van der Waals surface area (Å²) >= 11 is 1.49. The van der Waals surface area contributed by atoms with E-state index in [2.05, 4.69) is 4.72 Å². The lowest BCUT2D eigenvalue weighted by atomic mass is 10.2. The third kappa shape index (κ3) is 3.38. The molecule has 0 atom stereocenters. The van der Waals surface area contributed by atoms with E-state index in [1.807, 2.05) is 17.7 Å². The first-order chi connectivity index (χ1) is 9.81. The van der Waals surface area contributed by atoms with Crippen molar-refractivity contribution >= 4 is 32.7 Å². The zero-order valence-electron chi connectivity index (χ0n) is 11.1. The number of nitro groups is 1. The zero-order valence-corrected chi connectivity index (χ0v) is 12.7. The smallest absolute Gasteiger partial charge is 0.271 e. The highest BCUT2D eigenvalue weighted by Gasteiger charge is 2.20. The highest BCUT2D eigenvalue weighted by Crippen LogP contribution is 2.24. The minimum absolute atomic E-state index is 0.147. The minimum atomic E-state index is -3.82. The quantitative estimate of drug-likeness (QED) is 0.495. The summed E-state index contributed by atoms with van der Waals surface area (Å²) in [5.74, 6) is 0. The molecule has 112 valence electrons. The van der Waals surface area contributed by atoms with Crippen molar-refractivity contribution in [3.63, 3.8) is 0 Å². The van der Waals surface area contributed by atoms with Crippen molar-refractivity contribution in [1.82, 2.24) is 4.72 Å². The molecule has 9 heteroatoms. The molecule has 0 aliphatic carbocycles. The van der Waals surface area contributed by atoms with Gasteiger partial charge in [-0.3, -0.25) is 10.1 Å². The lowest BCUT2D eigenvalue weighted by molar-refractivity contribution is -0.384. The highest BCUT2D eigenvalue weighted by atomic mass is 32.2. The number of anilines is 1. The molecule has 0 amide bonds. The number of thiophene rings is 1. The van der Waals surface area contributed by atoms with Crippen LogP contribution in [-0.4, -0.2) is 13.3 Å². The van der Waals surface area contributed by atoms with Gasteiger partial charge in [0.05, 0.1) is 10.6 Å². The van der Waals surface area contributed by atoms with Crippen LogP contribution >= 0.6 is 11.3 Å². The van der Waals surface area contributed by atoms with Crippen molar-refractivity contribution in [3.8, 4) is 0 Å². The number of nitro benzene ring substituents is 1. The molecule has 7 nitrogen and oxygen atoms in total. The number of nitrogen functional groups attached to an aromatic ring is 1. The van der Waals surface area contributed by atoms with Crippen LogP contribution in [0.25, 0.3) is 0 Å². The van der Waals surface area contributed by atoms with Gasteiger partial charge < -0.3 is 5.73 Å². The summed E-state index contributed by atoms with van der Waals surface area (Å²) in [6, 6.07) is 3.28. The van der Waals surface area contributed by atoms with E-state index in [0.717, 1.165) is 29.3 Å². The molecule has 0 radical (unpaired) electrons. The van der Waals surface area contributed by atoms with Gasteiger partial charge in [-0.2, -0.15) is 11.3 Å². The molecule has 1 aromatic carbocycles. The van der Waals surface area contributed by atoms with Gasteiger partial charge in [0.1, 0.15) is 4.90 Å². The lowest BCUT2D eigenvalue weighted by Crippen LogP contribution is -2.24. The van der Waals surface area contributed by atoms with E-state index >= 15 is 0 Å². The number of hydrogen-bond donors (Lipinski definition) is 2. The van der Waals surface area contributed by atoms with Crippen LogP contribution in [0, 0.1) is 17.0 Å². The molecular formula is C12H13N3O4S2. The van der Waals surface area contributed by atoms with Crippen molar-refractivity contribution in [1.29, 1.82) is 0 Å². The van der Waals surface area contributed by atoms with Crippen molar-refractivity contribution < 1.29 is 13.3 Å². The molecule has 0 bridgehead atoms. The van der Waals surface area contributed by atoms with E-state index in [4.69, 9.17) is 5.73 Å². The van der Waals surface area contributed by atoms with Crippen LogP contribution in [0.4, 0.5) is 11.4 Å². The Bertz CT molecular complexity index is 784. The number of hydrogen-bond acceptors (Lipinski definition) is 6. The van der Waals surface area contributed by atoms with Crippen molar-refractivity contribution in [2.75, 3.05) is 5.73 Å². The number of aryl methyl sites for hydroxylation is 1. The molecule has 0 saturated heterocycles. The molecule has 2 rings (SSSR count). The maximum absolute atomic E-state index is 12.2. The van der Waals surface area contributed by atoms with Gasteiger partial charge in [-0.15, -0.1) is 0 Å². The summed E-state index contributed by atoms with van der Waals surface area (Å²) in [6.07, 6.45) is 0. The van der Waals surface area contributed by atoms with Crippen LogP contribution in [-0.2, 0) is 16.6 Å². The Balaban J connectivity index is 2.23. The molecule has 0 unspecified atom stereocenters. The second-order valence-electron chi connectivity index (χ2n) is 4.38. The summed E-state index contributed by atoms with van der Waals surface area (Å²) in [4.78, 5) is 9.82. The molecule has 2 aromatic rings. The molecule has 21 heavy (non-hydrogen) atoms. The van der Waals surface area contributed by atoms with Crippen LogP contribution in [0.1, 0.15) is 11.1 Å². The Hall–Kier alpha value is -1.97. The average molecular weight is 327 g/mol. The van der Waals surface area contributed by atoms with Crippen LogP contribution < -0.4 is 10.5 Å². The molecule has 0 fully saturated rings. The second-order valence-corrected chi connectivity index (χ2v) is 6.86. The first-order valence-corrected chi connectivity index (χ1v) is 8.29. The monoisotopic (exact) mass is 327 g/mol. The van der Waals surface area contributed by atoms with E-state index in [-0.39, 0.29) is 22.8 Å². The van der Waals surface area contributed by atoms with Gasteiger partial charge in [0.15, 0.2) is 0 Å². The van der Waals surface area contributed by atoms with E-state index in [0.29, 0.717) is 0 Å². The minimum Gasteiger partial charge on any atom is -0.397 e. The first-order valence-electron chi connectivity index (χ1n) is 5.86. The van der Waals surface area contributed by atoms with E-state index in [1.165, 1.54) is 11.3 Å². The molecule has 3 N–H and O–H groups in total. The highest BCUT2D eigenvalue weighted by molar-refractivity contribution is 7.89. The fourth-order valence-electron chi connectivity index (χ4n) is 1.71. The molecule has 0 spiro atoms. The van der Waals surface area contributed by atoms with Gasteiger partial charge in [0, 0.05) is 18.7 Å². The predicted octanol–water partition coefficient (Wildman–Crippen LogP) is 2.03. The summed E-state index contributed by atoms with van der Waals surface area (Å²) < 4.78 is 26.8. The van der Waals surface area contributed by atoms with E-state index < -0.39 is 14.9 Å². The Morgan fingerprint density at radius 3 is 2.62 bits per heavy atom. The van der Waals surface area contributed by atoms with Crippen molar-refractivity contribution in [2.24, 2.45) is 0 Å². The van der Waals surface area contributed by atoms with Gasteiger partial charge in [-0.05, 0) is 34.9 Å². The Labute approximate surface area is 125 Å². The van der Waals surface area contributed by atoms with Gasteiger partial charge in [0.2, 0.25) is 10.0 Å². The summed E-state index contributed by atoms with van der Waals surface area (Å²) in [5.41, 5.74) is 7.08. The van der Waals surface area contributed by atoms with Crippen LogP contribution in [0.3, 0.4) is 0 Å². The van der Waals surface area contributed by atoms with Crippen LogP contribution in [0.5, 0.6) is 0 Å². The number of non-ortho nitro benzene ring substituents is 1. The number of sulfonamides is 1. The summed E-state index contributed by atoms with van der Waals surface area (Å²) in [5, 5.41) is 14.4. The summed E-state index contributed by atoms with van der Waals surface area (Å²) in [7, 11) is -3.82. The number of benzene rings is 1. The lowest BCUT2D eigenvalue weighted by Gasteiger charge is -2.09. The average Bonchev–Trinajstić information content (AvgIpc) is 2.81. The second kappa shape index (κ2) is 5.80. The van der Waals surface area contributed by atoms with Gasteiger partial charge in [0.25, 0.3) is 5.69 Å². The third-order valence-electron chi connectivity index (χ3n) is 2.91. The van der Waals surface area contributed by atoms with Gasteiger partial charge >= 0.3 is 0 Å². The number of nitrogens with two attached hydrogens (primary N) is 1. The zero-order chi connectivity index (χ0) is 15.6. The molecule has 1 aromatic heterocycles. The molecule has 1 heterocycles. The van der Waals surface area contributed by atoms with Gasteiger partial charge in [-0.1, -0.05) is 0 Å². The first kappa shape index (κ1) is 15.4. The van der Waals surface area contributed by atoms with Gasteiger partial charge in [-0.25, -0.2) is 13.1 Å². The SMILES string of the molecule is Cc1cscc1CNS(=O)(=O)c1ccc([N+](=O)[O-])cc1N. The Morgan fingerprint density at radius 2 is 2.10 bits per heavy atom. The maximum Gasteiger partial charge on any atom is 0.271 e. The fraction of sp³-hybridized carbons (Fsp3) is 0.167. The predicted molar refractivity (Wildman–Crippen MR) is 80.6 cm³/mol. The van der Waals surface area contributed by atoms with Crippen LogP contribution in [0.2, 0.25) is 0 Å². The fourth-order valence-corrected chi connectivity index (χ4v) is 3.69. The number of nitrogens with zero attached hydrogens (tertiary/aromatic N) is 1. The molecular weight excluding hydrogens is 314 g/mol. The molecule has 0 aliphatic rings. The summed E-state index contributed by atoms with van der Waals surface area (Å²) in [6.45, 7) is 2.04. The third-order valence-corrected chi connectivity index (χ3v) is 5.29. The van der Waals surface area contributed by atoms with E-state index in [1.54, 1.807) is 0 Å². The number of rotatable bonds is 5. The normalized spacial score (nSPS) is 11.5. The number of nitrogens with one attached hydrogen (secondary N) is 1.